The summed E-state index contributed by atoms with van der Waals surface area (Å²) in [7, 11) is 1.67. The van der Waals surface area contributed by atoms with E-state index in [0.29, 0.717) is 4.83 Å². The second-order valence-corrected chi connectivity index (χ2v) is 8.70. The molecule has 0 aromatic heterocycles. The van der Waals surface area contributed by atoms with E-state index in [1.165, 1.54) is 37.7 Å². The molecule has 4 saturated carbocycles. The standard InChI is InChI=1S/C18H22BrClO/c1-21-16-3-2-12(9-15(16)20)18(19)17-13-5-10-4-11(7-13)8-14(17)6-10/h2-3,9-11,13-14,17-18H,4-8H2,1H3. The van der Waals surface area contributed by atoms with Gasteiger partial charge in [-0.15, -0.1) is 0 Å². The van der Waals surface area contributed by atoms with Crippen LogP contribution in [-0.4, -0.2) is 7.11 Å². The van der Waals surface area contributed by atoms with Crippen molar-refractivity contribution in [2.24, 2.45) is 29.6 Å². The molecule has 1 atom stereocenters. The third kappa shape index (κ3) is 2.43. The van der Waals surface area contributed by atoms with Gasteiger partial charge in [-0.3, -0.25) is 0 Å². The van der Waals surface area contributed by atoms with Crippen molar-refractivity contribution in [1.29, 1.82) is 0 Å². The van der Waals surface area contributed by atoms with Crippen LogP contribution >= 0.6 is 27.5 Å². The van der Waals surface area contributed by atoms with Crippen LogP contribution in [0.25, 0.3) is 0 Å². The average molecular weight is 370 g/mol. The van der Waals surface area contributed by atoms with Gasteiger partial charge in [-0.1, -0.05) is 33.6 Å². The molecule has 4 aliphatic carbocycles. The monoisotopic (exact) mass is 368 g/mol. The van der Waals surface area contributed by atoms with Crippen molar-refractivity contribution in [3.63, 3.8) is 0 Å². The van der Waals surface area contributed by atoms with Gasteiger partial charge < -0.3 is 4.74 Å². The first kappa shape index (κ1) is 14.4. The van der Waals surface area contributed by atoms with Gasteiger partial charge in [0.15, 0.2) is 0 Å². The highest BCUT2D eigenvalue weighted by molar-refractivity contribution is 9.09. The molecule has 5 rings (SSSR count). The largest absolute Gasteiger partial charge is 0.495 e. The number of hydrogen-bond acceptors (Lipinski definition) is 1. The fraction of sp³-hybridized carbons (Fsp3) is 0.667. The van der Waals surface area contributed by atoms with E-state index < -0.39 is 0 Å². The summed E-state index contributed by atoms with van der Waals surface area (Å²) in [6.45, 7) is 0. The highest BCUT2D eigenvalue weighted by Crippen LogP contribution is 2.61. The summed E-state index contributed by atoms with van der Waals surface area (Å²) in [4.78, 5) is 0.441. The maximum absolute atomic E-state index is 6.32. The molecule has 114 valence electrons. The lowest BCUT2D eigenvalue weighted by atomic mass is 9.51. The van der Waals surface area contributed by atoms with Gasteiger partial charge in [0.05, 0.1) is 12.1 Å². The van der Waals surface area contributed by atoms with E-state index in [4.69, 9.17) is 16.3 Å². The number of methoxy groups -OCH3 is 1. The van der Waals surface area contributed by atoms with Crippen LogP contribution in [0.15, 0.2) is 18.2 Å². The number of rotatable bonds is 3. The lowest BCUT2D eigenvalue weighted by molar-refractivity contribution is -0.0364. The SMILES string of the molecule is COc1ccc(C(Br)C2C3CC4CC(C3)CC2C4)cc1Cl. The first-order chi connectivity index (χ1) is 10.2. The zero-order valence-electron chi connectivity index (χ0n) is 12.4. The zero-order chi connectivity index (χ0) is 14.6. The van der Waals surface area contributed by atoms with E-state index in [1.54, 1.807) is 7.11 Å². The molecule has 0 amide bonds. The van der Waals surface area contributed by atoms with E-state index in [9.17, 15) is 0 Å². The fourth-order valence-corrected chi connectivity index (χ4v) is 6.94. The van der Waals surface area contributed by atoms with Gasteiger partial charge in [0.2, 0.25) is 0 Å². The van der Waals surface area contributed by atoms with E-state index in [-0.39, 0.29) is 0 Å². The Bertz CT molecular complexity index is 516. The topological polar surface area (TPSA) is 9.23 Å². The van der Waals surface area contributed by atoms with Crippen LogP contribution in [0.2, 0.25) is 5.02 Å². The number of alkyl halides is 1. The summed E-state index contributed by atoms with van der Waals surface area (Å²) in [5, 5.41) is 0.725. The van der Waals surface area contributed by atoms with Crippen molar-refractivity contribution in [3.05, 3.63) is 28.8 Å². The van der Waals surface area contributed by atoms with Crippen molar-refractivity contribution >= 4 is 27.5 Å². The molecule has 0 heterocycles. The number of benzene rings is 1. The van der Waals surface area contributed by atoms with Gasteiger partial charge in [-0.25, -0.2) is 0 Å². The molecule has 1 nitrogen and oxygen atoms in total. The third-order valence-electron chi connectivity index (χ3n) is 6.13. The predicted octanol–water partition coefficient (Wildman–Crippen LogP) is 5.86. The molecule has 4 bridgehead atoms. The lowest BCUT2D eigenvalue weighted by Crippen LogP contribution is -2.46. The van der Waals surface area contributed by atoms with Crippen LogP contribution in [0, 0.1) is 29.6 Å². The highest BCUT2D eigenvalue weighted by atomic mass is 79.9. The zero-order valence-corrected chi connectivity index (χ0v) is 14.7. The summed E-state index contributed by atoms with van der Waals surface area (Å²) in [5.41, 5.74) is 1.32. The van der Waals surface area contributed by atoms with Crippen molar-refractivity contribution in [2.45, 2.75) is 36.9 Å². The smallest absolute Gasteiger partial charge is 0.137 e. The van der Waals surface area contributed by atoms with E-state index in [0.717, 1.165) is 40.4 Å². The Hall–Kier alpha value is -0.210. The van der Waals surface area contributed by atoms with Crippen LogP contribution in [0.3, 0.4) is 0 Å². The Morgan fingerprint density at radius 3 is 2.24 bits per heavy atom. The van der Waals surface area contributed by atoms with E-state index in [1.807, 2.05) is 6.07 Å². The number of hydrogen-bond donors (Lipinski definition) is 0. The summed E-state index contributed by atoms with van der Waals surface area (Å²) in [6, 6.07) is 6.27. The molecule has 0 saturated heterocycles. The van der Waals surface area contributed by atoms with Gasteiger partial charge >= 0.3 is 0 Å². The van der Waals surface area contributed by atoms with Crippen molar-refractivity contribution in [2.75, 3.05) is 7.11 Å². The molecule has 1 aromatic rings. The molecule has 21 heavy (non-hydrogen) atoms. The molecule has 4 aliphatic rings. The Balaban J connectivity index is 1.60. The normalized spacial score (nSPS) is 38.5. The Morgan fingerprint density at radius 2 is 1.71 bits per heavy atom. The Kier molecular flexibility index (Phi) is 3.74. The Morgan fingerprint density at radius 1 is 1.10 bits per heavy atom. The Labute approximate surface area is 140 Å². The van der Waals surface area contributed by atoms with Crippen LogP contribution in [-0.2, 0) is 0 Å². The fourth-order valence-electron chi connectivity index (χ4n) is 5.52. The second kappa shape index (κ2) is 5.45. The maximum atomic E-state index is 6.32. The molecule has 0 radical (unpaired) electrons. The molecule has 0 aliphatic heterocycles. The molecule has 4 fully saturated rings. The summed E-state index contributed by atoms with van der Waals surface area (Å²) < 4.78 is 5.27. The second-order valence-electron chi connectivity index (χ2n) is 7.30. The molecular formula is C18H22BrClO. The predicted molar refractivity (Wildman–Crippen MR) is 90.2 cm³/mol. The minimum atomic E-state index is 0.441. The average Bonchev–Trinajstić information content (AvgIpc) is 2.45. The minimum Gasteiger partial charge on any atom is -0.495 e. The number of halogens is 2. The molecule has 0 spiro atoms. The molecular weight excluding hydrogens is 348 g/mol. The summed E-state index contributed by atoms with van der Waals surface area (Å²) in [5.74, 6) is 5.47. The van der Waals surface area contributed by atoms with Gasteiger partial charge in [0.1, 0.15) is 5.75 Å². The molecule has 3 heteroatoms. The summed E-state index contributed by atoms with van der Waals surface area (Å²) >= 11 is 10.3. The van der Waals surface area contributed by atoms with E-state index >= 15 is 0 Å². The van der Waals surface area contributed by atoms with Gasteiger partial charge in [-0.05, 0) is 79.4 Å². The van der Waals surface area contributed by atoms with E-state index in [2.05, 4.69) is 28.1 Å². The van der Waals surface area contributed by atoms with Gasteiger partial charge in [0, 0.05) is 4.83 Å². The summed E-state index contributed by atoms with van der Waals surface area (Å²) in [6.07, 6.45) is 7.36. The lowest BCUT2D eigenvalue weighted by Gasteiger charge is -2.55. The van der Waals surface area contributed by atoms with Crippen LogP contribution in [0.5, 0.6) is 5.75 Å². The first-order valence-corrected chi connectivity index (χ1v) is 9.42. The maximum Gasteiger partial charge on any atom is 0.137 e. The van der Waals surface area contributed by atoms with Crippen molar-refractivity contribution in [3.8, 4) is 5.75 Å². The van der Waals surface area contributed by atoms with Crippen LogP contribution in [0.1, 0.15) is 42.5 Å². The highest BCUT2D eigenvalue weighted by Gasteiger charge is 2.50. The first-order valence-electron chi connectivity index (χ1n) is 8.13. The molecule has 0 N–H and O–H groups in total. The number of ether oxygens (including phenoxy) is 1. The van der Waals surface area contributed by atoms with Gasteiger partial charge in [-0.2, -0.15) is 0 Å². The van der Waals surface area contributed by atoms with Crippen molar-refractivity contribution < 1.29 is 4.74 Å². The van der Waals surface area contributed by atoms with Crippen molar-refractivity contribution in [1.82, 2.24) is 0 Å². The third-order valence-corrected chi connectivity index (χ3v) is 7.57. The molecule has 1 aromatic carbocycles. The van der Waals surface area contributed by atoms with Crippen LogP contribution in [0.4, 0.5) is 0 Å². The molecule has 1 unspecified atom stereocenters. The quantitative estimate of drug-likeness (QED) is 0.607. The van der Waals surface area contributed by atoms with Crippen LogP contribution < -0.4 is 4.74 Å². The minimum absolute atomic E-state index is 0.441. The van der Waals surface area contributed by atoms with Gasteiger partial charge in [0.25, 0.3) is 0 Å².